The van der Waals surface area contributed by atoms with Gasteiger partial charge in [-0.05, 0) is 6.08 Å². The van der Waals surface area contributed by atoms with Gasteiger partial charge >= 0.3 is 18.2 Å². The highest BCUT2D eigenvalue weighted by atomic mass is 16.6. The van der Waals surface area contributed by atoms with Gasteiger partial charge < -0.3 is 28.9 Å². The Morgan fingerprint density at radius 3 is 2.15 bits per heavy atom. The van der Waals surface area contributed by atoms with Crippen LogP contribution in [0.4, 0.5) is 15.3 Å². The van der Waals surface area contributed by atoms with Crippen molar-refractivity contribution in [1.82, 2.24) is 9.80 Å². The minimum Gasteiger partial charge on any atom is -0.466 e. The summed E-state index contributed by atoms with van der Waals surface area (Å²) in [5.74, 6) is -0.0861. The molecular formula is C18H23N3O6. The van der Waals surface area contributed by atoms with Crippen molar-refractivity contribution in [2.24, 2.45) is 0 Å². The van der Waals surface area contributed by atoms with E-state index < -0.39 is 18.2 Å². The summed E-state index contributed by atoms with van der Waals surface area (Å²) in [6.45, 7) is 0.297. The minimum absolute atomic E-state index is 0.167. The van der Waals surface area contributed by atoms with Crippen molar-refractivity contribution in [3.8, 4) is 11.5 Å². The molecular weight excluding hydrogens is 354 g/mol. The average Bonchev–Trinajstić information content (AvgIpc) is 2.61. The number of nitrogens with zero attached hydrogens (tertiary/aromatic N) is 3. The Morgan fingerprint density at radius 2 is 1.59 bits per heavy atom. The molecule has 0 unspecified atom stereocenters. The second-order valence-electron chi connectivity index (χ2n) is 6.40. The summed E-state index contributed by atoms with van der Waals surface area (Å²) in [4.78, 5) is 40.2. The van der Waals surface area contributed by atoms with Crippen molar-refractivity contribution < 1.29 is 28.6 Å². The first-order chi connectivity index (χ1) is 12.6. The van der Waals surface area contributed by atoms with Crippen molar-refractivity contribution in [1.29, 1.82) is 0 Å². The van der Waals surface area contributed by atoms with Gasteiger partial charge in [0.25, 0.3) is 0 Å². The lowest BCUT2D eigenvalue weighted by molar-refractivity contribution is -0.136. The van der Waals surface area contributed by atoms with Crippen molar-refractivity contribution in [3.05, 3.63) is 23.3 Å². The van der Waals surface area contributed by atoms with E-state index in [1.54, 1.807) is 52.3 Å². The fourth-order valence-electron chi connectivity index (χ4n) is 2.38. The van der Waals surface area contributed by atoms with Gasteiger partial charge in [0, 0.05) is 59.5 Å². The van der Waals surface area contributed by atoms with E-state index in [4.69, 9.17) is 14.2 Å². The van der Waals surface area contributed by atoms with Crippen molar-refractivity contribution >= 4 is 29.9 Å². The zero-order chi connectivity index (χ0) is 20.3. The number of ether oxygens (including phenoxy) is 3. The molecule has 0 aromatic heterocycles. The molecule has 0 atom stereocenters. The van der Waals surface area contributed by atoms with Gasteiger partial charge in [-0.15, -0.1) is 0 Å². The number of likely N-dealkylation sites (N-methyl/N-ethyl adjacent to an activating group) is 1. The minimum atomic E-state index is -0.602. The summed E-state index contributed by atoms with van der Waals surface area (Å²) in [6, 6.07) is 3.08. The van der Waals surface area contributed by atoms with Crippen LogP contribution in [-0.2, 0) is 9.53 Å². The topological polar surface area (TPSA) is 88.6 Å². The predicted molar refractivity (Wildman–Crippen MR) is 99.1 cm³/mol. The molecule has 0 fully saturated rings. The smallest absolute Gasteiger partial charge is 0.414 e. The van der Waals surface area contributed by atoms with Crippen LogP contribution < -0.4 is 14.4 Å². The normalized spacial score (nSPS) is 12.5. The summed E-state index contributed by atoms with van der Waals surface area (Å²) in [5, 5.41) is 0. The second kappa shape index (κ2) is 7.98. The van der Waals surface area contributed by atoms with Gasteiger partial charge in [-0.2, -0.15) is 0 Å². The highest BCUT2D eigenvalue weighted by molar-refractivity contribution is 5.98. The van der Waals surface area contributed by atoms with E-state index in [2.05, 4.69) is 0 Å². The zero-order valence-corrected chi connectivity index (χ0v) is 16.2. The lowest BCUT2D eigenvalue weighted by Crippen LogP contribution is -2.30. The van der Waals surface area contributed by atoms with Crippen LogP contribution in [0.2, 0.25) is 0 Å². The van der Waals surface area contributed by atoms with Crippen LogP contribution in [0.5, 0.6) is 11.5 Å². The molecule has 1 heterocycles. The first kappa shape index (κ1) is 20.1. The predicted octanol–water partition coefficient (Wildman–Crippen LogP) is 1.81. The number of anilines is 1. The summed E-state index contributed by atoms with van der Waals surface area (Å²) in [6.07, 6.45) is 0.440. The number of carbonyl (C=O) groups is 3. The largest absolute Gasteiger partial charge is 0.466 e. The number of methoxy groups -OCH3 is 1. The molecule has 0 radical (unpaired) electrons. The highest BCUT2D eigenvalue weighted by Crippen LogP contribution is 2.39. The van der Waals surface area contributed by atoms with Gasteiger partial charge in [-0.1, -0.05) is 0 Å². The number of esters is 1. The highest BCUT2D eigenvalue weighted by Gasteiger charge is 2.26. The molecule has 9 nitrogen and oxygen atoms in total. The van der Waals surface area contributed by atoms with Crippen LogP contribution >= 0.6 is 0 Å². The van der Waals surface area contributed by atoms with Crippen molar-refractivity contribution in [2.75, 3.05) is 53.8 Å². The van der Waals surface area contributed by atoms with Crippen LogP contribution in [0.25, 0.3) is 6.08 Å². The van der Waals surface area contributed by atoms with E-state index in [9.17, 15) is 14.4 Å². The lowest BCUT2D eigenvalue weighted by Gasteiger charge is -2.28. The molecule has 146 valence electrons. The van der Waals surface area contributed by atoms with E-state index in [-0.39, 0.29) is 11.5 Å². The van der Waals surface area contributed by atoms with Gasteiger partial charge in [0.15, 0.2) is 0 Å². The Hall–Kier alpha value is -3.23. The number of hydrogen-bond acceptors (Lipinski definition) is 7. The van der Waals surface area contributed by atoms with Crippen molar-refractivity contribution in [3.63, 3.8) is 0 Å². The Bertz CT molecular complexity index is 801. The monoisotopic (exact) mass is 377 g/mol. The molecule has 1 aliphatic heterocycles. The molecule has 0 bridgehead atoms. The van der Waals surface area contributed by atoms with E-state index >= 15 is 0 Å². The number of benzene rings is 1. The molecule has 1 aliphatic rings. The molecule has 1 aromatic rings. The SMILES string of the molecule is COC(=O)C1=Cc2c(OC(=O)N(C)C)cc(OC(=O)N(C)C)cc2N(C)C1. The molecule has 2 rings (SSSR count). The number of fused-ring (bicyclic) bond motifs is 1. The van der Waals surface area contributed by atoms with Crippen LogP contribution in [-0.4, -0.2) is 76.8 Å². The molecule has 0 spiro atoms. The Morgan fingerprint density at radius 1 is 1.00 bits per heavy atom. The third-order valence-corrected chi connectivity index (χ3v) is 3.81. The quantitative estimate of drug-likeness (QED) is 0.742. The number of carbonyl (C=O) groups excluding carboxylic acids is 3. The fraction of sp³-hybridized carbons (Fsp3) is 0.389. The molecule has 1 aromatic carbocycles. The van der Waals surface area contributed by atoms with Gasteiger partial charge in [-0.3, -0.25) is 0 Å². The average molecular weight is 377 g/mol. The first-order valence-corrected chi connectivity index (χ1v) is 8.10. The maximum Gasteiger partial charge on any atom is 0.414 e. The van der Waals surface area contributed by atoms with Crippen molar-refractivity contribution in [2.45, 2.75) is 0 Å². The summed E-state index contributed by atoms with van der Waals surface area (Å²) in [7, 11) is 9.29. The first-order valence-electron chi connectivity index (χ1n) is 8.10. The maximum atomic E-state index is 12.1. The summed E-state index contributed by atoms with van der Waals surface area (Å²) in [5.41, 5.74) is 1.57. The van der Waals surface area contributed by atoms with Crippen LogP contribution in [0.3, 0.4) is 0 Å². The second-order valence-corrected chi connectivity index (χ2v) is 6.40. The maximum absolute atomic E-state index is 12.1. The third kappa shape index (κ3) is 4.49. The standard InChI is InChI=1S/C18H23N3O6/c1-19(2)17(23)26-12-8-14-13(15(9-12)27-18(24)20(3)4)7-11(10-21(14)5)16(22)25-6/h7-9H,10H2,1-6H3. The molecule has 0 aliphatic carbocycles. The zero-order valence-electron chi connectivity index (χ0n) is 16.2. The molecule has 0 N–H and O–H groups in total. The Labute approximate surface area is 157 Å². The number of rotatable bonds is 3. The van der Waals surface area contributed by atoms with Gasteiger partial charge in [0.2, 0.25) is 0 Å². The number of hydrogen-bond donors (Lipinski definition) is 0. The molecule has 0 saturated carbocycles. The van der Waals surface area contributed by atoms with E-state index in [1.807, 2.05) is 0 Å². The molecule has 27 heavy (non-hydrogen) atoms. The van der Waals surface area contributed by atoms with Crippen LogP contribution in [0, 0.1) is 0 Å². The van der Waals surface area contributed by atoms with Gasteiger partial charge in [-0.25, -0.2) is 14.4 Å². The van der Waals surface area contributed by atoms with E-state index in [1.165, 1.54) is 23.0 Å². The number of amides is 2. The molecule has 0 saturated heterocycles. The molecule has 2 amide bonds. The van der Waals surface area contributed by atoms with E-state index in [0.29, 0.717) is 23.4 Å². The Kier molecular flexibility index (Phi) is 5.94. The van der Waals surface area contributed by atoms with Gasteiger partial charge in [0.1, 0.15) is 11.5 Å². The lowest BCUT2D eigenvalue weighted by atomic mass is 10.0. The molecule has 9 heteroatoms. The Balaban J connectivity index is 2.55. The van der Waals surface area contributed by atoms with Crippen LogP contribution in [0.1, 0.15) is 5.56 Å². The van der Waals surface area contributed by atoms with Crippen LogP contribution in [0.15, 0.2) is 17.7 Å². The summed E-state index contributed by atoms with van der Waals surface area (Å²) < 4.78 is 15.5. The van der Waals surface area contributed by atoms with Gasteiger partial charge in [0.05, 0.1) is 18.4 Å². The summed E-state index contributed by atoms with van der Waals surface area (Å²) >= 11 is 0. The third-order valence-electron chi connectivity index (χ3n) is 3.81. The fourth-order valence-corrected chi connectivity index (χ4v) is 2.38. The van der Waals surface area contributed by atoms with E-state index in [0.717, 1.165) is 0 Å².